The molecule has 0 unspecified atom stereocenters. The number of nitrogens with one attached hydrogen (secondary N) is 1. The smallest absolute Gasteiger partial charge is 0.280 e. The van der Waals surface area contributed by atoms with Gasteiger partial charge in [0.1, 0.15) is 0 Å². The van der Waals surface area contributed by atoms with Crippen LogP contribution in [-0.4, -0.2) is 5.24 Å². The molecule has 1 aromatic rings. The molecule has 0 atom stereocenters. The van der Waals surface area contributed by atoms with Crippen molar-refractivity contribution in [2.24, 2.45) is 0 Å². The number of aryl methyl sites for hydroxylation is 2. The van der Waals surface area contributed by atoms with Gasteiger partial charge in [-0.15, -0.1) is 0 Å². The number of para-hydroxylation sites is 1. The molecule has 0 saturated carbocycles. The molecule has 1 amide bonds. The van der Waals surface area contributed by atoms with E-state index in [2.05, 4.69) is 24.9 Å². The van der Waals surface area contributed by atoms with Gasteiger partial charge in [0, 0.05) is 5.69 Å². The van der Waals surface area contributed by atoms with Crippen molar-refractivity contribution >= 4 is 23.6 Å². The summed E-state index contributed by atoms with van der Waals surface area (Å²) in [6.45, 7) is 4.03. The highest BCUT2D eigenvalue weighted by atomic mass is 32.1. The van der Waals surface area contributed by atoms with E-state index in [1.54, 1.807) is 0 Å². The molecule has 2 nitrogen and oxygen atoms in total. The van der Waals surface area contributed by atoms with Crippen LogP contribution in [0.1, 0.15) is 18.1 Å². The van der Waals surface area contributed by atoms with Crippen molar-refractivity contribution in [3.05, 3.63) is 29.3 Å². The van der Waals surface area contributed by atoms with Crippen LogP contribution >= 0.6 is 12.6 Å². The molecule has 70 valence electrons. The molecular formula is C10H13NOS. The molecular weight excluding hydrogens is 182 g/mol. The molecule has 0 radical (unpaired) electrons. The van der Waals surface area contributed by atoms with Crippen LogP contribution in [0, 0.1) is 6.92 Å². The average Bonchev–Trinajstić information content (AvgIpc) is 2.08. The Morgan fingerprint density at radius 3 is 2.77 bits per heavy atom. The Kier molecular flexibility index (Phi) is 3.37. The van der Waals surface area contributed by atoms with E-state index in [9.17, 15) is 4.79 Å². The van der Waals surface area contributed by atoms with Crippen molar-refractivity contribution < 1.29 is 4.79 Å². The Balaban J connectivity index is 3.07. The van der Waals surface area contributed by atoms with Gasteiger partial charge in [-0.2, -0.15) is 0 Å². The zero-order valence-corrected chi connectivity index (χ0v) is 8.69. The van der Waals surface area contributed by atoms with Gasteiger partial charge >= 0.3 is 0 Å². The van der Waals surface area contributed by atoms with Crippen molar-refractivity contribution in [1.29, 1.82) is 0 Å². The van der Waals surface area contributed by atoms with Crippen LogP contribution in [0.5, 0.6) is 0 Å². The third-order valence-electron chi connectivity index (χ3n) is 1.97. The number of rotatable bonds is 2. The molecule has 0 heterocycles. The highest BCUT2D eigenvalue weighted by molar-refractivity contribution is 7.96. The normalized spacial score (nSPS) is 9.77. The van der Waals surface area contributed by atoms with Gasteiger partial charge in [0.05, 0.1) is 0 Å². The Morgan fingerprint density at radius 1 is 1.54 bits per heavy atom. The second-order valence-corrected chi connectivity index (χ2v) is 3.30. The highest BCUT2D eigenvalue weighted by Gasteiger charge is 2.04. The molecule has 0 aliphatic carbocycles. The van der Waals surface area contributed by atoms with Crippen LogP contribution in [0.2, 0.25) is 0 Å². The molecule has 1 rings (SSSR count). The van der Waals surface area contributed by atoms with E-state index in [1.165, 1.54) is 0 Å². The van der Waals surface area contributed by atoms with Crippen LogP contribution in [0.3, 0.4) is 0 Å². The standard InChI is InChI=1S/C10H13NOS/c1-3-8-6-4-5-7(2)9(8)11-10(12)13/h4-6H,3H2,1-2H3,(H2,11,12,13). The second kappa shape index (κ2) is 4.33. The van der Waals surface area contributed by atoms with Gasteiger partial charge in [-0.3, -0.25) is 4.79 Å². The summed E-state index contributed by atoms with van der Waals surface area (Å²) in [5.41, 5.74) is 3.11. The maximum atomic E-state index is 10.8. The minimum atomic E-state index is -0.316. The Hall–Kier alpha value is -0.960. The maximum absolute atomic E-state index is 10.8. The predicted octanol–water partition coefficient (Wildman–Crippen LogP) is 3.02. The molecule has 1 aromatic carbocycles. The lowest BCUT2D eigenvalue weighted by molar-refractivity contribution is 0.270. The number of carbonyl (C=O) groups is 1. The number of hydrogen-bond donors (Lipinski definition) is 2. The number of hydrogen-bond acceptors (Lipinski definition) is 1. The minimum absolute atomic E-state index is 0.316. The van der Waals surface area contributed by atoms with Gasteiger partial charge in [-0.25, -0.2) is 0 Å². The summed E-state index contributed by atoms with van der Waals surface area (Å²) in [4.78, 5) is 10.8. The largest absolute Gasteiger partial charge is 0.317 e. The van der Waals surface area contributed by atoms with Crippen molar-refractivity contribution in [2.75, 3.05) is 5.32 Å². The number of thiol groups is 1. The number of carbonyl (C=O) groups excluding carboxylic acids is 1. The van der Waals surface area contributed by atoms with Crippen molar-refractivity contribution in [1.82, 2.24) is 0 Å². The first-order valence-electron chi connectivity index (χ1n) is 4.23. The van der Waals surface area contributed by atoms with E-state index >= 15 is 0 Å². The average molecular weight is 195 g/mol. The summed E-state index contributed by atoms with van der Waals surface area (Å²) in [5.74, 6) is 0. The van der Waals surface area contributed by atoms with Gasteiger partial charge in [0.15, 0.2) is 0 Å². The highest BCUT2D eigenvalue weighted by Crippen LogP contribution is 2.21. The van der Waals surface area contributed by atoms with Gasteiger partial charge in [0.2, 0.25) is 0 Å². The lowest BCUT2D eigenvalue weighted by atomic mass is 10.1. The van der Waals surface area contributed by atoms with Crippen LogP contribution in [0.4, 0.5) is 10.5 Å². The molecule has 0 spiro atoms. The third kappa shape index (κ3) is 2.49. The summed E-state index contributed by atoms with van der Waals surface area (Å²) in [6, 6.07) is 5.96. The fourth-order valence-electron chi connectivity index (χ4n) is 1.31. The Labute approximate surface area is 83.8 Å². The first kappa shape index (κ1) is 10.1. The monoisotopic (exact) mass is 195 g/mol. The van der Waals surface area contributed by atoms with Crippen LogP contribution in [0.25, 0.3) is 0 Å². The number of benzene rings is 1. The lowest BCUT2D eigenvalue weighted by Crippen LogP contribution is -2.05. The summed E-state index contributed by atoms with van der Waals surface area (Å²) in [7, 11) is 0. The van der Waals surface area contributed by atoms with E-state index in [0.717, 1.165) is 23.2 Å². The number of amides is 1. The van der Waals surface area contributed by atoms with Crippen molar-refractivity contribution in [2.45, 2.75) is 20.3 Å². The zero-order valence-electron chi connectivity index (χ0n) is 7.79. The molecule has 0 fully saturated rings. The lowest BCUT2D eigenvalue weighted by Gasteiger charge is -2.10. The zero-order chi connectivity index (χ0) is 9.84. The second-order valence-electron chi connectivity index (χ2n) is 2.89. The van der Waals surface area contributed by atoms with Crippen molar-refractivity contribution in [3.63, 3.8) is 0 Å². The molecule has 13 heavy (non-hydrogen) atoms. The SMILES string of the molecule is CCc1cccc(C)c1NC(=O)S. The van der Waals surface area contributed by atoms with Gasteiger partial charge in [0.25, 0.3) is 5.24 Å². The van der Waals surface area contributed by atoms with E-state index in [-0.39, 0.29) is 5.24 Å². The molecule has 0 aliphatic rings. The quantitative estimate of drug-likeness (QED) is 0.698. The van der Waals surface area contributed by atoms with Crippen LogP contribution in [0.15, 0.2) is 18.2 Å². The van der Waals surface area contributed by atoms with Crippen LogP contribution in [-0.2, 0) is 6.42 Å². The Morgan fingerprint density at radius 2 is 2.23 bits per heavy atom. The molecule has 3 heteroatoms. The molecule has 0 aromatic heterocycles. The van der Waals surface area contributed by atoms with Crippen molar-refractivity contribution in [3.8, 4) is 0 Å². The molecule has 0 saturated heterocycles. The molecule has 0 aliphatic heterocycles. The Bertz CT molecular complexity index is 323. The maximum Gasteiger partial charge on any atom is 0.280 e. The van der Waals surface area contributed by atoms with E-state index in [0.29, 0.717) is 0 Å². The summed E-state index contributed by atoms with van der Waals surface area (Å²) >= 11 is 3.69. The minimum Gasteiger partial charge on any atom is -0.317 e. The predicted molar refractivity (Wildman–Crippen MR) is 58.6 cm³/mol. The van der Waals surface area contributed by atoms with E-state index < -0.39 is 0 Å². The number of anilines is 1. The fourth-order valence-corrected chi connectivity index (χ4v) is 1.42. The molecule has 0 bridgehead atoms. The summed E-state index contributed by atoms with van der Waals surface area (Å²) in [6.07, 6.45) is 0.908. The topological polar surface area (TPSA) is 29.1 Å². The van der Waals surface area contributed by atoms with Gasteiger partial charge < -0.3 is 5.32 Å². The van der Waals surface area contributed by atoms with Crippen LogP contribution < -0.4 is 5.32 Å². The van der Waals surface area contributed by atoms with E-state index in [4.69, 9.17) is 0 Å². The van der Waals surface area contributed by atoms with Gasteiger partial charge in [-0.05, 0) is 24.5 Å². The first-order valence-corrected chi connectivity index (χ1v) is 4.68. The third-order valence-corrected chi connectivity index (χ3v) is 2.08. The summed E-state index contributed by atoms with van der Waals surface area (Å²) < 4.78 is 0. The summed E-state index contributed by atoms with van der Waals surface area (Å²) in [5, 5.41) is 2.40. The van der Waals surface area contributed by atoms with Gasteiger partial charge in [-0.1, -0.05) is 37.8 Å². The van der Waals surface area contributed by atoms with E-state index in [1.807, 2.05) is 25.1 Å². The first-order chi connectivity index (χ1) is 6.15. The molecule has 1 N–H and O–H groups in total. The fraction of sp³-hybridized carbons (Fsp3) is 0.300.